The van der Waals surface area contributed by atoms with Gasteiger partial charge in [-0.1, -0.05) is 18.7 Å². The van der Waals surface area contributed by atoms with Crippen LogP contribution in [0, 0.1) is 12.7 Å². The zero-order valence-corrected chi connectivity index (χ0v) is 16.3. The summed E-state index contributed by atoms with van der Waals surface area (Å²) in [5, 5.41) is 0. The van der Waals surface area contributed by atoms with E-state index in [1.54, 1.807) is 26.0 Å². The summed E-state index contributed by atoms with van der Waals surface area (Å²) < 4.78 is 52.8. The van der Waals surface area contributed by atoms with E-state index in [-0.39, 0.29) is 18.2 Å². The number of halogens is 3. The molecule has 154 valence electrons. The SMILES string of the molecule is C=CC(F)(F)C[C@H]1CCc2c(-c3ccc(C)cc3F)cc(C(=O)OCC)nc2O1. The van der Waals surface area contributed by atoms with Gasteiger partial charge in [-0.25, -0.2) is 22.9 Å². The van der Waals surface area contributed by atoms with E-state index in [1.165, 1.54) is 12.1 Å². The molecule has 7 heteroatoms. The Bertz CT molecular complexity index is 943. The van der Waals surface area contributed by atoms with Gasteiger partial charge in [0, 0.05) is 11.1 Å². The summed E-state index contributed by atoms with van der Waals surface area (Å²) in [6.07, 6.45) is -0.0727. The van der Waals surface area contributed by atoms with E-state index in [1.807, 2.05) is 0 Å². The maximum atomic E-state index is 14.6. The van der Waals surface area contributed by atoms with E-state index in [0.717, 1.165) is 5.56 Å². The molecule has 0 saturated heterocycles. The summed E-state index contributed by atoms with van der Waals surface area (Å²) >= 11 is 0. The fraction of sp³-hybridized carbons (Fsp3) is 0.364. The van der Waals surface area contributed by atoms with Gasteiger partial charge in [-0.2, -0.15) is 0 Å². The third kappa shape index (κ3) is 4.60. The lowest BCUT2D eigenvalue weighted by Crippen LogP contribution is -2.31. The normalized spacial score (nSPS) is 16.0. The highest BCUT2D eigenvalue weighted by Gasteiger charge is 2.34. The molecule has 1 atom stereocenters. The minimum absolute atomic E-state index is 0.0571. The lowest BCUT2D eigenvalue weighted by molar-refractivity contribution is -0.00114. The number of hydrogen-bond acceptors (Lipinski definition) is 4. The molecule has 1 aromatic carbocycles. The van der Waals surface area contributed by atoms with Crippen molar-refractivity contribution >= 4 is 5.97 Å². The van der Waals surface area contributed by atoms with E-state index >= 15 is 0 Å². The molecule has 4 nitrogen and oxygen atoms in total. The third-order valence-corrected chi connectivity index (χ3v) is 4.78. The number of ether oxygens (including phenoxy) is 2. The number of pyridine rings is 1. The van der Waals surface area contributed by atoms with Crippen molar-refractivity contribution in [2.24, 2.45) is 0 Å². The minimum atomic E-state index is -3.08. The second kappa shape index (κ2) is 8.27. The summed E-state index contributed by atoms with van der Waals surface area (Å²) in [5.74, 6) is -4.16. The molecular weight excluding hydrogens is 383 g/mol. The number of allylic oxidation sites excluding steroid dienone is 1. The van der Waals surface area contributed by atoms with Gasteiger partial charge in [-0.3, -0.25) is 0 Å². The van der Waals surface area contributed by atoms with E-state index in [4.69, 9.17) is 9.47 Å². The first-order valence-corrected chi connectivity index (χ1v) is 9.39. The monoisotopic (exact) mass is 405 g/mol. The Balaban J connectivity index is 2.07. The smallest absolute Gasteiger partial charge is 0.357 e. The van der Waals surface area contributed by atoms with Crippen molar-refractivity contribution in [2.45, 2.75) is 45.1 Å². The Hall–Kier alpha value is -2.83. The first kappa shape index (κ1) is 20.9. The number of rotatable bonds is 6. The number of carbonyl (C=O) groups is 1. The van der Waals surface area contributed by atoms with E-state index in [0.29, 0.717) is 35.6 Å². The number of esters is 1. The Morgan fingerprint density at radius 2 is 2.14 bits per heavy atom. The van der Waals surface area contributed by atoms with Crippen LogP contribution in [0.25, 0.3) is 11.1 Å². The number of benzene rings is 1. The summed E-state index contributed by atoms with van der Waals surface area (Å²) in [5.41, 5.74) is 2.01. The molecule has 0 bridgehead atoms. The number of aryl methyl sites for hydroxylation is 1. The van der Waals surface area contributed by atoms with Crippen molar-refractivity contribution in [1.82, 2.24) is 4.98 Å². The van der Waals surface area contributed by atoms with Crippen LogP contribution in [0.3, 0.4) is 0 Å². The number of fused-ring (bicyclic) bond motifs is 1. The third-order valence-electron chi connectivity index (χ3n) is 4.78. The van der Waals surface area contributed by atoms with Gasteiger partial charge in [0.25, 0.3) is 5.92 Å². The van der Waals surface area contributed by atoms with E-state index in [9.17, 15) is 18.0 Å². The number of alkyl halides is 2. The van der Waals surface area contributed by atoms with Crippen LogP contribution < -0.4 is 4.74 Å². The number of hydrogen-bond donors (Lipinski definition) is 0. The van der Waals surface area contributed by atoms with Crippen LogP contribution in [0.15, 0.2) is 36.9 Å². The molecule has 0 saturated carbocycles. The molecule has 0 amide bonds. The van der Waals surface area contributed by atoms with Crippen molar-refractivity contribution in [3.8, 4) is 17.0 Å². The molecular formula is C22H22F3NO3. The van der Waals surface area contributed by atoms with Gasteiger partial charge in [0.1, 0.15) is 11.9 Å². The van der Waals surface area contributed by atoms with Crippen LogP contribution in [0.1, 0.15) is 41.4 Å². The highest BCUT2D eigenvalue weighted by Crippen LogP contribution is 2.38. The molecule has 1 aliphatic rings. The summed E-state index contributed by atoms with van der Waals surface area (Å²) in [4.78, 5) is 16.4. The van der Waals surface area contributed by atoms with Gasteiger partial charge in [0.05, 0.1) is 13.0 Å². The highest BCUT2D eigenvalue weighted by molar-refractivity contribution is 5.90. The van der Waals surface area contributed by atoms with Crippen LogP contribution >= 0.6 is 0 Å². The summed E-state index contributed by atoms with van der Waals surface area (Å²) in [7, 11) is 0. The number of aromatic nitrogens is 1. The van der Waals surface area contributed by atoms with Gasteiger partial charge >= 0.3 is 5.97 Å². The minimum Gasteiger partial charge on any atom is -0.474 e. The average molecular weight is 405 g/mol. The first-order chi connectivity index (χ1) is 13.7. The van der Waals surface area contributed by atoms with E-state index in [2.05, 4.69) is 11.6 Å². The Morgan fingerprint density at radius 1 is 1.38 bits per heavy atom. The quantitative estimate of drug-likeness (QED) is 0.485. The molecule has 0 radical (unpaired) electrons. The van der Waals surface area contributed by atoms with Crippen molar-refractivity contribution in [3.63, 3.8) is 0 Å². The maximum absolute atomic E-state index is 14.6. The first-order valence-electron chi connectivity index (χ1n) is 9.39. The molecule has 0 spiro atoms. The number of carbonyl (C=O) groups excluding carboxylic acids is 1. The molecule has 1 aliphatic heterocycles. The Morgan fingerprint density at radius 3 is 2.79 bits per heavy atom. The average Bonchev–Trinajstić information content (AvgIpc) is 2.67. The molecule has 2 aromatic rings. The fourth-order valence-corrected chi connectivity index (χ4v) is 3.33. The molecule has 0 fully saturated rings. The second-order valence-corrected chi connectivity index (χ2v) is 6.99. The van der Waals surface area contributed by atoms with Crippen LogP contribution in [-0.2, 0) is 11.2 Å². The predicted octanol–water partition coefficient (Wildman–Crippen LogP) is 5.28. The molecule has 0 aliphatic carbocycles. The van der Waals surface area contributed by atoms with Gasteiger partial charge in [0.2, 0.25) is 5.88 Å². The zero-order valence-electron chi connectivity index (χ0n) is 16.3. The summed E-state index contributed by atoms with van der Waals surface area (Å²) in [6.45, 7) is 6.71. The van der Waals surface area contributed by atoms with Crippen molar-refractivity contribution in [1.29, 1.82) is 0 Å². The van der Waals surface area contributed by atoms with Crippen LogP contribution in [0.5, 0.6) is 5.88 Å². The Kier molecular flexibility index (Phi) is 5.96. The van der Waals surface area contributed by atoms with Crippen LogP contribution in [0.2, 0.25) is 0 Å². The van der Waals surface area contributed by atoms with Crippen LogP contribution in [-0.4, -0.2) is 29.6 Å². The second-order valence-electron chi connectivity index (χ2n) is 6.99. The van der Waals surface area contributed by atoms with Gasteiger partial charge in [-0.15, -0.1) is 0 Å². The molecule has 29 heavy (non-hydrogen) atoms. The maximum Gasteiger partial charge on any atom is 0.357 e. The standard InChI is InChI=1S/C22H22F3NO3/c1-4-22(24,25)12-14-7-9-16-17(15-8-6-13(3)10-18(15)23)11-19(21(27)28-5-2)26-20(16)29-14/h4,6,8,10-11,14H,1,5,7,9,12H2,2-3H3/t14-/m1/s1. The lowest BCUT2D eigenvalue weighted by atomic mass is 9.92. The van der Waals surface area contributed by atoms with Crippen molar-refractivity contribution < 1.29 is 27.4 Å². The fourth-order valence-electron chi connectivity index (χ4n) is 3.33. The van der Waals surface area contributed by atoms with Crippen LogP contribution in [0.4, 0.5) is 13.2 Å². The van der Waals surface area contributed by atoms with Crippen molar-refractivity contribution in [3.05, 3.63) is 59.6 Å². The molecule has 0 unspecified atom stereocenters. The van der Waals surface area contributed by atoms with Gasteiger partial charge < -0.3 is 9.47 Å². The van der Waals surface area contributed by atoms with E-state index < -0.39 is 30.2 Å². The summed E-state index contributed by atoms with van der Waals surface area (Å²) in [6, 6.07) is 6.23. The largest absolute Gasteiger partial charge is 0.474 e. The molecule has 3 rings (SSSR count). The van der Waals surface area contributed by atoms with Gasteiger partial charge in [0.15, 0.2) is 5.69 Å². The molecule has 1 aromatic heterocycles. The van der Waals surface area contributed by atoms with Gasteiger partial charge in [-0.05, 0) is 56.0 Å². The number of nitrogens with zero attached hydrogens (tertiary/aromatic N) is 1. The zero-order chi connectivity index (χ0) is 21.2. The lowest BCUT2D eigenvalue weighted by Gasteiger charge is -2.29. The van der Waals surface area contributed by atoms with Crippen molar-refractivity contribution in [2.75, 3.05) is 6.61 Å². The molecule has 0 N–H and O–H groups in total. The Labute approximate surface area is 167 Å². The highest BCUT2D eigenvalue weighted by atomic mass is 19.3. The molecule has 2 heterocycles. The topological polar surface area (TPSA) is 48.4 Å². The predicted molar refractivity (Wildman–Crippen MR) is 103 cm³/mol.